The Hall–Kier alpha value is -6.19. The Labute approximate surface area is 404 Å². The van der Waals surface area contributed by atoms with Crippen molar-refractivity contribution in [1.82, 2.24) is 0 Å². The van der Waals surface area contributed by atoms with Gasteiger partial charge in [0.25, 0.3) is 0 Å². The van der Waals surface area contributed by atoms with Crippen LogP contribution in [-0.4, -0.2) is 94.6 Å². The van der Waals surface area contributed by atoms with Gasteiger partial charge in [-0.3, -0.25) is 28.8 Å². The summed E-state index contributed by atoms with van der Waals surface area (Å²) in [6, 6.07) is 10.3. The van der Waals surface area contributed by atoms with Crippen molar-refractivity contribution in [3.05, 3.63) is 77.6 Å². The molecule has 0 saturated heterocycles. The van der Waals surface area contributed by atoms with E-state index >= 15 is 4.39 Å². The molecule has 2 atom stereocenters. The van der Waals surface area contributed by atoms with Crippen LogP contribution in [0.2, 0.25) is 0 Å². The number of halogens is 1. The van der Waals surface area contributed by atoms with Crippen LogP contribution in [0.3, 0.4) is 0 Å². The maximum atomic E-state index is 16.1. The molecular formula is C53H69FO15. The van der Waals surface area contributed by atoms with Gasteiger partial charge in [-0.15, -0.1) is 0 Å². The topological polar surface area (TPSA) is 201 Å². The molecule has 378 valence electrons. The summed E-state index contributed by atoms with van der Waals surface area (Å²) in [7, 11) is 2.10. The summed E-state index contributed by atoms with van der Waals surface area (Å²) in [5.74, 6) is -8.97. The van der Waals surface area contributed by atoms with E-state index in [1.54, 1.807) is 30.3 Å². The molecule has 2 aromatic carbocycles. The fourth-order valence-corrected chi connectivity index (χ4v) is 7.93. The molecule has 0 N–H and O–H groups in total. The molecule has 0 aromatic heterocycles. The molecule has 2 unspecified atom stereocenters. The molecule has 1 aliphatic carbocycles. The number of hydrogen-bond acceptors (Lipinski definition) is 15. The van der Waals surface area contributed by atoms with Crippen molar-refractivity contribution in [3.63, 3.8) is 0 Å². The second kappa shape index (κ2) is 28.3. The SMILES string of the molecule is C=C(C)C(=O)OCCCc1cc(-c2ccc(C3CCC(CCCCC)CC3)cc2F)ccc1OCC(COC(=O)CC(C(C)=O)C(=O)OC)(COC(=O)CC(C(C)=O)C(=O)OC)COC(=O)C(=C)C. The first-order valence-corrected chi connectivity index (χ1v) is 23.4. The van der Waals surface area contributed by atoms with E-state index in [1.165, 1.54) is 39.5 Å². The van der Waals surface area contributed by atoms with Gasteiger partial charge in [-0.05, 0) is 113 Å². The smallest absolute Gasteiger partial charge is 0.333 e. The Bertz CT molecular complexity index is 2120. The second-order valence-corrected chi connectivity index (χ2v) is 18.0. The second-order valence-electron chi connectivity index (χ2n) is 18.0. The average molecular weight is 965 g/mol. The van der Waals surface area contributed by atoms with Gasteiger partial charge in [-0.25, -0.2) is 14.0 Å². The first kappa shape index (κ1) is 57.1. The third-order valence-electron chi connectivity index (χ3n) is 12.2. The first-order chi connectivity index (χ1) is 32.7. The van der Waals surface area contributed by atoms with Crippen LogP contribution < -0.4 is 4.74 Å². The Kier molecular flexibility index (Phi) is 23.5. The summed E-state index contributed by atoms with van der Waals surface area (Å²) in [5, 5.41) is 0. The van der Waals surface area contributed by atoms with E-state index in [0.717, 1.165) is 59.3 Å². The monoisotopic (exact) mass is 964 g/mol. The molecule has 69 heavy (non-hydrogen) atoms. The number of ether oxygens (including phenoxy) is 7. The number of ketones is 2. The highest BCUT2D eigenvalue weighted by atomic mass is 19.1. The van der Waals surface area contributed by atoms with E-state index in [9.17, 15) is 38.4 Å². The third-order valence-corrected chi connectivity index (χ3v) is 12.2. The van der Waals surface area contributed by atoms with Crippen LogP contribution in [0.25, 0.3) is 11.1 Å². The summed E-state index contributed by atoms with van der Waals surface area (Å²) in [6.07, 6.45) is 8.27. The number of rotatable bonds is 29. The Balaban J connectivity index is 2.04. The number of esters is 6. The van der Waals surface area contributed by atoms with Gasteiger partial charge in [0.15, 0.2) is 0 Å². The fraction of sp³-hybridized carbons (Fsp3) is 0.547. The largest absolute Gasteiger partial charge is 0.492 e. The Morgan fingerprint density at radius 3 is 1.74 bits per heavy atom. The highest BCUT2D eigenvalue weighted by molar-refractivity contribution is 6.01. The van der Waals surface area contributed by atoms with Gasteiger partial charge in [0.1, 0.15) is 66.8 Å². The van der Waals surface area contributed by atoms with Crippen LogP contribution >= 0.6 is 0 Å². The van der Waals surface area contributed by atoms with Gasteiger partial charge >= 0.3 is 35.8 Å². The molecule has 0 radical (unpaired) electrons. The van der Waals surface area contributed by atoms with Crippen LogP contribution in [0.15, 0.2) is 60.7 Å². The van der Waals surface area contributed by atoms with E-state index in [-0.39, 0.29) is 35.8 Å². The Morgan fingerprint density at radius 2 is 1.23 bits per heavy atom. The predicted octanol–water partition coefficient (Wildman–Crippen LogP) is 8.51. The molecule has 16 heteroatoms. The number of benzene rings is 2. The van der Waals surface area contributed by atoms with Gasteiger partial charge in [-0.1, -0.05) is 64.0 Å². The molecule has 1 aliphatic rings. The van der Waals surface area contributed by atoms with Gasteiger partial charge in [-0.2, -0.15) is 0 Å². The lowest BCUT2D eigenvalue weighted by atomic mass is 9.77. The molecule has 15 nitrogen and oxygen atoms in total. The minimum atomic E-state index is -1.74. The zero-order valence-electron chi connectivity index (χ0n) is 41.2. The lowest BCUT2D eigenvalue weighted by Crippen LogP contribution is -2.45. The quantitative estimate of drug-likeness (QED) is 0.0247. The zero-order chi connectivity index (χ0) is 51.3. The van der Waals surface area contributed by atoms with Crippen LogP contribution in [0.1, 0.15) is 122 Å². The van der Waals surface area contributed by atoms with E-state index in [0.29, 0.717) is 29.0 Å². The van der Waals surface area contributed by atoms with E-state index in [4.69, 9.17) is 23.7 Å². The molecule has 2 aromatic rings. The van der Waals surface area contributed by atoms with Crippen molar-refractivity contribution in [1.29, 1.82) is 0 Å². The van der Waals surface area contributed by atoms with E-state index < -0.39 is 110 Å². The molecule has 0 spiro atoms. The van der Waals surface area contributed by atoms with Crippen molar-refractivity contribution in [2.75, 3.05) is 47.3 Å². The summed E-state index contributed by atoms with van der Waals surface area (Å²) < 4.78 is 53.9. The molecule has 0 bridgehead atoms. The molecule has 0 aliphatic heterocycles. The molecule has 0 amide bonds. The predicted molar refractivity (Wildman–Crippen MR) is 252 cm³/mol. The summed E-state index contributed by atoms with van der Waals surface area (Å²) in [6.45, 7) is 12.0. The van der Waals surface area contributed by atoms with Crippen LogP contribution in [0.5, 0.6) is 5.75 Å². The minimum absolute atomic E-state index is 0.000706. The van der Waals surface area contributed by atoms with Crippen molar-refractivity contribution >= 4 is 47.4 Å². The van der Waals surface area contributed by atoms with Crippen molar-refractivity contribution < 1.29 is 75.9 Å². The minimum Gasteiger partial charge on any atom is -0.492 e. The average Bonchev–Trinajstić information content (AvgIpc) is 3.32. The first-order valence-electron chi connectivity index (χ1n) is 23.4. The van der Waals surface area contributed by atoms with E-state index in [2.05, 4.69) is 29.6 Å². The standard InChI is InChI=1S/C53H69FO15/c1-10-11-12-14-37-16-18-38(19-17-37)39-20-22-42(45(54)26-39)40-21-23-46(41(25-40)15-13-24-65-49(59)33(2)3)66-29-53(32-69-50(60)34(4)5,30-67-47(57)27-43(35(6)55)51(61)63-8)31-68-48(58)28-44(36(7)56)52(62)64-9/h20-23,25-26,37-38,43-44H,2,4,10-19,24,27-32H2,1,3,5-9H3. The maximum absolute atomic E-state index is 16.1. The fourth-order valence-electron chi connectivity index (χ4n) is 7.93. The molecule has 3 rings (SSSR count). The highest BCUT2D eigenvalue weighted by Gasteiger charge is 2.39. The van der Waals surface area contributed by atoms with Gasteiger partial charge in [0.05, 0.1) is 33.7 Å². The van der Waals surface area contributed by atoms with Crippen LogP contribution in [-0.2, 0) is 73.2 Å². The number of carbonyl (C=O) groups excluding carboxylic acids is 8. The summed E-state index contributed by atoms with van der Waals surface area (Å²) in [5.41, 5.74) is 0.843. The maximum Gasteiger partial charge on any atom is 0.333 e. The van der Waals surface area contributed by atoms with Crippen LogP contribution in [0.4, 0.5) is 4.39 Å². The summed E-state index contributed by atoms with van der Waals surface area (Å²) in [4.78, 5) is 101. The molecular weight excluding hydrogens is 896 g/mol. The number of aryl methyl sites for hydroxylation is 1. The lowest BCUT2D eigenvalue weighted by Gasteiger charge is -2.32. The molecule has 1 fully saturated rings. The number of Topliss-reactive ketones (excluding diaryl/α,β-unsaturated/α-hetero) is 2. The van der Waals surface area contributed by atoms with Crippen molar-refractivity contribution in [2.24, 2.45) is 23.2 Å². The lowest BCUT2D eigenvalue weighted by molar-refractivity contribution is -0.168. The van der Waals surface area contributed by atoms with Crippen molar-refractivity contribution in [2.45, 2.75) is 118 Å². The number of methoxy groups -OCH3 is 2. The number of unbranched alkanes of at least 4 members (excludes halogenated alkanes) is 2. The number of hydrogen-bond donors (Lipinski definition) is 0. The van der Waals surface area contributed by atoms with E-state index in [1.807, 2.05) is 6.07 Å². The van der Waals surface area contributed by atoms with Crippen LogP contribution in [0, 0.1) is 29.0 Å². The highest BCUT2D eigenvalue weighted by Crippen LogP contribution is 2.39. The summed E-state index contributed by atoms with van der Waals surface area (Å²) >= 11 is 0. The van der Waals surface area contributed by atoms with Gasteiger partial charge in [0.2, 0.25) is 0 Å². The van der Waals surface area contributed by atoms with Gasteiger partial charge in [0, 0.05) is 16.7 Å². The number of carbonyl (C=O) groups is 8. The Morgan fingerprint density at radius 1 is 0.681 bits per heavy atom. The zero-order valence-corrected chi connectivity index (χ0v) is 41.2. The van der Waals surface area contributed by atoms with Crippen molar-refractivity contribution in [3.8, 4) is 16.9 Å². The third kappa shape index (κ3) is 18.3. The molecule has 0 heterocycles. The van der Waals surface area contributed by atoms with Gasteiger partial charge < -0.3 is 33.2 Å². The normalized spacial score (nSPS) is 16.1. The molecule has 1 saturated carbocycles.